The van der Waals surface area contributed by atoms with E-state index in [2.05, 4.69) is 13.8 Å². The van der Waals surface area contributed by atoms with Crippen molar-refractivity contribution in [3.05, 3.63) is 11.3 Å². The number of carbonyl (C=O) groups excluding carboxylic acids is 1. The van der Waals surface area contributed by atoms with E-state index < -0.39 is 0 Å². The molecule has 66 valence electrons. The summed E-state index contributed by atoms with van der Waals surface area (Å²) in [6.45, 7) is 6.28. The molecule has 0 aromatic heterocycles. The van der Waals surface area contributed by atoms with Crippen LogP contribution >= 0.6 is 0 Å². The Morgan fingerprint density at radius 2 is 2.17 bits per heavy atom. The van der Waals surface area contributed by atoms with E-state index in [1.807, 2.05) is 6.92 Å². The van der Waals surface area contributed by atoms with Crippen LogP contribution in [0.15, 0.2) is 11.3 Å². The smallest absolute Gasteiger partial charge is 0.161 e. The lowest BCUT2D eigenvalue weighted by atomic mass is 9.95. The Morgan fingerprint density at radius 3 is 2.50 bits per heavy atom. The van der Waals surface area contributed by atoms with E-state index in [-0.39, 0.29) is 5.78 Å². The van der Waals surface area contributed by atoms with Crippen LogP contribution in [0, 0.1) is 17.3 Å². The fourth-order valence-electron chi connectivity index (χ4n) is 2.65. The fourth-order valence-corrected chi connectivity index (χ4v) is 2.65. The Kier molecular flexibility index (Phi) is 1.26. The number of allylic oxidation sites excluding steroid dienone is 2. The van der Waals surface area contributed by atoms with Gasteiger partial charge in [0.25, 0.3) is 0 Å². The predicted molar refractivity (Wildman–Crippen MR) is 47.3 cm³/mol. The Labute approximate surface area is 72.8 Å². The van der Waals surface area contributed by atoms with Gasteiger partial charge in [-0.25, -0.2) is 0 Å². The second-order valence-corrected chi connectivity index (χ2v) is 4.63. The van der Waals surface area contributed by atoms with Crippen molar-refractivity contribution in [3.63, 3.8) is 0 Å². The van der Waals surface area contributed by atoms with E-state index in [9.17, 15) is 4.79 Å². The van der Waals surface area contributed by atoms with Crippen molar-refractivity contribution in [2.24, 2.45) is 23.0 Å². The zero-order chi connectivity index (χ0) is 9.09. The first kappa shape index (κ1) is 7.84. The van der Waals surface area contributed by atoms with Crippen LogP contribution in [0.3, 0.4) is 0 Å². The largest absolute Gasteiger partial charge is 0.402 e. The molecule has 2 nitrogen and oxygen atoms in total. The van der Waals surface area contributed by atoms with Crippen LogP contribution in [0.2, 0.25) is 0 Å². The molecule has 2 N–H and O–H groups in total. The summed E-state index contributed by atoms with van der Waals surface area (Å²) in [7, 11) is 0. The summed E-state index contributed by atoms with van der Waals surface area (Å²) in [4.78, 5) is 11.4. The molecule has 2 rings (SSSR count). The molecular formula is C10H15NO. The molecule has 2 atom stereocenters. The normalized spacial score (nSPS) is 41.1. The summed E-state index contributed by atoms with van der Waals surface area (Å²) < 4.78 is 0. The molecule has 0 bridgehead atoms. The molecule has 2 aliphatic rings. The quantitative estimate of drug-likeness (QED) is 0.552. The molecule has 2 heteroatoms. The van der Waals surface area contributed by atoms with Gasteiger partial charge in [0.1, 0.15) is 0 Å². The van der Waals surface area contributed by atoms with Crippen molar-refractivity contribution < 1.29 is 4.79 Å². The van der Waals surface area contributed by atoms with Crippen molar-refractivity contribution >= 4 is 5.78 Å². The number of rotatable bonds is 0. The van der Waals surface area contributed by atoms with Gasteiger partial charge in [-0.2, -0.15) is 0 Å². The summed E-state index contributed by atoms with van der Waals surface area (Å²) in [6.07, 6.45) is 0.724. The lowest BCUT2D eigenvalue weighted by Crippen LogP contribution is -2.12. The van der Waals surface area contributed by atoms with Gasteiger partial charge in [-0.3, -0.25) is 4.79 Å². The van der Waals surface area contributed by atoms with E-state index in [0.29, 0.717) is 17.3 Å². The van der Waals surface area contributed by atoms with Crippen molar-refractivity contribution in [2.45, 2.75) is 27.2 Å². The van der Waals surface area contributed by atoms with Crippen LogP contribution in [0.1, 0.15) is 27.2 Å². The van der Waals surface area contributed by atoms with Crippen molar-refractivity contribution in [2.75, 3.05) is 0 Å². The van der Waals surface area contributed by atoms with Crippen LogP contribution in [0.4, 0.5) is 0 Å². The summed E-state index contributed by atoms with van der Waals surface area (Å²) in [6, 6.07) is 0. The first-order valence-corrected chi connectivity index (χ1v) is 4.45. The van der Waals surface area contributed by atoms with Crippen molar-refractivity contribution in [3.8, 4) is 0 Å². The Morgan fingerprint density at radius 1 is 1.58 bits per heavy atom. The number of hydrogen-bond donors (Lipinski definition) is 1. The molecule has 2 aliphatic carbocycles. The minimum Gasteiger partial charge on any atom is -0.402 e. The van der Waals surface area contributed by atoms with E-state index in [1.54, 1.807) is 0 Å². The standard InChI is InChI=1S/C10H15NO/c1-5(11)8-7(12)4-6-9(8)10(6,2)3/h6,9H,4,11H2,1-3H3/b8-5+/t6-,9-/m1/s1. The molecule has 0 heterocycles. The summed E-state index contributed by atoms with van der Waals surface area (Å²) >= 11 is 0. The zero-order valence-electron chi connectivity index (χ0n) is 7.85. The van der Waals surface area contributed by atoms with Gasteiger partial charge in [-0.05, 0) is 24.2 Å². The zero-order valence-corrected chi connectivity index (χ0v) is 7.85. The Bertz CT molecular complexity index is 284. The second-order valence-electron chi connectivity index (χ2n) is 4.63. The lowest BCUT2D eigenvalue weighted by Gasteiger charge is -2.09. The maximum Gasteiger partial charge on any atom is 0.161 e. The van der Waals surface area contributed by atoms with Gasteiger partial charge in [-0.1, -0.05) is 13.8 Å². The number of hydrogen-bond acceptors (Lipinski definition) is 2. The first-order chi connectivity index (χ1) is 5.46. The topological polar surface area (TPSA) is 43.1 Å². The Balaban J connectivity index is 2.37. The first-order valence-electron chi connectivity index (χ1n) is 4.45. The lowest BCUT2D eigenvalue weighted by molar-refractivity contribution is -0.115. The summed E-state index contributed by atoms with van der Waals surface area (Å²) in [5, 5.41) is 0. The van der Waals surface area contributed by atoms with Crippen LogP contribution in [0.5, 0.6) is 0 Å². The number of fused-ring (bicyclic) bond motifs is 1. The summed E-state index contributed by atoms with van der Waals surface area (Å²) in [5.41, 5.74) is 7.68. The molecule has 0 aromatic rings. The van der Waals surface area contributed by atoms with Crippen LogP contribution in [-0.2, 0) is 4.79 Å². The van der Waals surface area contributed by atoms with Gasteiger partial charge in [0.2, 0.25) is 0 Å². The molecule has 12 heavy (non-hydrogen) atoms. The number of nitrogens with two attached hydrogens (primary N) is 1. The molecule has 0 amide bonds. The van der Waals surface area contributed by atoms with Gasteiger partial charge in [0.05, 0.1) is 0 Å². The van der Waals surface area contributed by atoms with Gasteiger partial charge < -0.3 is 5.73 Å². The number of carbonyl (C=O) groups is 1. The van der Waals surface area contributed by atoms with Gasteiger partial charge in [-0.15, -0.1) is 0 Å². The minimum atomic E-state index is 0.282. The maximum absolute atomic E-state index is 11.4. The molecule has 0 spiro atoms. The monoisotopic (exact) mass is 165 g/mol. The van der Waals surface area contributed by atoms with Crippen LogP contribution in [0.25, 0.3) is 0 Å². The Hall–Kier alpha value is -0.790. The average Bonchev–Trinajstić information content (AvgIpc) is 2.40. The maximum atomic E-state index is 11.4. The van der Waals surface area contributed by atoms with E-state index in [0.717, 1.165) is 17.7 Å². The van der Waals surface area contributed by atoms with Gasteiger partial charge >= 0.3 is 0 Å². The van der Waals surface area contributed by atoms with Crippen molar-refractivity contribution in [1.82, 2.24) is 0 Å². The highest BCUT2D eigenvalue weighted by atomic mass is 16.1. The van der Waals surface area contributed by atoms with Crippen LogP contribution in [-0.4, -0.2) is 5.78 Å². The molecule has 0 saturated heterocycles. The molecular weight excluding hydrogens is 150 g/mol. The molecule has 0 unspecified atom stereocenters. The number of ketones is 1. The van der Waals surface area contributed by atoms with E-state index in [4.69, 9.17) is 5.73 Å². The highest BCUT2D eigenvalue weighted by molar-refractivity contribution is 6.01. The molecule has 2 fully saturated rings. The fraction of sp³-hybridized carbons (Fsp3) is 0.700. The van der Waals surface area contributed by atoms with E-state index in [1.165, 1.54) is 0 Å². The number of Topliss-reactive ketones (excluding diaryl/α,β-unsaturated/α-hetero) is 1. The SMILES string of the molecule is C/C(N)=C1/C(=O)C[C@@H]2[C@H]1C2(C)C. The molecule has 0 radical (unpaired) electrons. The average molecular weight is 165 g/mol. The third kappa shape index (κ3) is 0.728. The highest BCUT2D eigenvalue weighted by Gasteiger charge is 2.65. The third-order valence-corrected chi connectivity index (χ3v) is 3.49. The molecule has 0 aromatic carbocycles. The second kappa shape index (κ2) is 1.93. The molecule has 2 saturated carbocycles. The van der Waals surface area contributed by atoms with Gasteiger partial charge in [0.15, 0.2) is 5.78 Å². The van der Waals surface area contributed by atoms with Gasteiger partial charge in [0, 0.05) is 17.7 Å². The predicted octanol–water partition coefficient (Wildman–Crippen LogP) is 1.46. The third-order valence-electron chi connectivity index (χ3n) is 3.49. The highest BCUT2D eigenvalue weighted by Crippen LogP contribution is 2.67. The summed E-state index contributed by atoms with van der Waals surface area (Å²) in [5.74, 6) is 1.33. The van der Waals surface area contributed by atoms with Crippen molar-refractivity contribution in [1.29, 1.82) is 0 Å². The van der Waals surface area contributed by atoms with Crippen LogP contribution < -0.4 is 5.73 Å². The van der Waals surface area contributed by atoms with E-state index >= 15 is 0 Å². The molecule has 0 aliphatic heterocycles. The minimum absolute atomic E-state index is 0.282.